The third-order valence-corrected chi connectivity index (χ3v) is 4.11. The van der Waals surface area contributed by atoms with Gasteiger partial charge in [0.25, 0.3) is 0 Å². The van der Waals surface area contributed by atoms with Crippen LogP contribution in [0.3, 0.4) is 0 Å². The van der Waals surface area contributed by atoms with Crippen molar-refractivity contribution in [2.75, 3.05) is 0 Å². The second-order valence-electron chi connectivity index (χ2n) is 6.09. The normalized spacial score (nSPS) is 10.5. The first-order valence-corrected chi connectivity index (χ1v) is 8.41. The first-order valence-electron chi connectivity index (χ1n) is 8.41. The number of ketones is 2. The molecule has 4 nitrogen and oxygen atoms in total. The summed E-state index contributed by atoms with van der Waals surface area (Å²) >= 11 is 0. The van der Waals surface area contributed by atoms with E-state index in [1.807, 2.05) is 48.5 Å². The number of hydrogen-bond acceptors (Lipinski definition) is 4. The number of aliphatic hydroxyl groups excluding tert-OH is 1. The van der Waals surface area contributed by atoms with Crippen LogP contribution in [-0.2, 0) is 13.0 Å². The molecule has 1 heterocycles. The van der Waals surface area contributed by atoms with Gasteiger partial charge in [-0.15, -0.1) is 0 Å². The van der Waals surface area contributed by atoms with E-state index in [4.69, 9.17) is 5.11 Å². The molecule has 130 valence electrons. The van der Waals surface area contributed by atoms with Crippen LogP contribution in [0.15, 0.2) is 72.9 Å². The van der Waals surface area contributed by atoms with E-state index in [0.717, 1.165) is 17.5 Å². The van der Waals surface area contributed by atoms with Gasteiger partial charge < -0.3 is 5.11 Å². The predicted molar refractivity (Wildman–Crippen MR) is 99.1 cm³/mol. The van der Waals surface area contributed by atoms with E-state index in [2.05, 4.69) is 4.98 Å². The number of rotatable bonds is 7. The van der Waals surface area contributed by atoms with Crippen molar-refractivity contribution in [3.05, 3.63) is 101 Å². The number of pyridine rings is 1. The summed E-state index contributed by atoms with van der Waals surface area (Å²) in [5.41, 5.74) is 3.50. The van der Waals surface area contributed by atoms with E-state index in [-0.39, 0.29) is 30.3 Å². The van der Waals surface area contributed by atoms with E-state index < -0.39 is 0 Å². The van der Waals surface area contributed by atoms with Crippen LogP contribution in [-0.4, -0.2) is 21.7 Å². The van der Waals surface area contributed by atoms with Gasteiger partial charge in [0.15, 0.2) is 11.6 Å². The van der Waals surface area contributed by atoms with Gasteiger partial charge in [-0.1, -0.05) is 48.5 Å². The Hall–Kier alpha value is -3.11. The molecule has 0 aliphatic carbocycles. The minimum atomic E-state index is -0.348. The van der Waals surface area contributed by atoms with Crippen molar-refractivity contribution in [3.8, 4) is 0 Å². The molecule has 1 aromatic heterocycles. The van der Waals surface area contributed by atoms with Gasteiger partial charge in [-0.05, 0) is 41.3 Å². The molecule has 2 aromatic carbocycles. The fraction of sp³-hybridized carbons (Fsp3) is 0.136. The highest BCUT2D eigenvalue weighted by molar-refractivity contribution is 6.12. The second kappa shape index (κ2) is 8.32. The Morgan fingerprint density at radius 1 is 0.808 bits per heavy atom. The number of hydrogen-bond donors (Lipinski definition) is 1. The maximum atomic E-state index is 12.5. The summed E-state index contributed by atoms with van der Waals surface area (Å²) in [7, 11) is 0. The molecule has 0 spiro atoms. The fourth-order valence-corrected chi connectivity index (χ4v) is 2.75. The Balaban J connectivity index is 1.71. The number of carbonyl (C=O) groups is 2. The quantitative estimate of drug-likeness (QED) is 0.525. The fourth-order valence-electron chi connectivity index (χ4n) is 2.75. The first-order chi connectivity index (χ1) is 12.7. The average Bonchev–Trinajstić information content (AvgIpc) is 2.69. The van der Waals surface area contributed by atoms with Crippen molar-refractivity contribution in [2.45, 2.75) is 19.4 Å². The van der Waals surface area contributed by atoms with Crippen LogP contribution in [0.25, 0.3) is 0 Å². The molecule has 3 rings (SSSR count). The Morgan fingerprint density at radius 3 is 2.35 bits per heavy atom. The van der Waals surface area contributed by atoms with Crippen LogP contribution in [0, 0.1) is 0 Å². The molecular weight excluding hydrogens is 326 g/mol. The van der Waals surface area contributed by atoms with Crippen LogP contribution < -0.4 is 0 Å². The Bertz CT molecular complexity index is 919. The Kier molecular flexibility index (Phi) is 5.66. The highest BCUT2D eigenvalue weighted by Gasteiger charge is 2.15. The van der Waals surface area contributed by atoms with Crippen molar-refractivity contribution in [1.82, 2.24) is 4.98 Å². The molecule has 4 heteroatoms. The van der Waals surface area contributed by atoms with Gasteiger partial charge in [0.05, 0.1) is 13.0 Å². The molecule has 0 atom stereocenters. The lowest BCUT2D eigenvalue weighted by atomic mass is 9.99. The Morgan fingerprint density at radius 2 is 1.58 bits per heavy atom. The molecule has 0 amide bonds. The summed E-state index contributed by atoms with van der Waals surface area (Å²) in [6.07, 6.45) is 1.95. The van der Waals surface area contributed by atoms with Gasteiger partial charge in [0.1, 0.15) is 5.69 Å². The highest BCUT2D eigenvalue weighted by Crippen LogP contribution is 2.14. The largest absolute Gasteiger partial charge is 0.392 e. The van der Waals surface area contributed by atoms with Gasteiger partial charge >= 0.3 is 0 Å². The topological polar surface area (TPSA) is 67.3 Å². The SMILES string of the molecule is O=C(CC(=O)c1cc(CO)ccn1)c1cccc(Cc2ccccc2)c1. The summed E-state index contributed by atoms with van der Waals surface area (Å²) in [6.45, 7) is -0.168. The molecule has 0 saturated carbocycles. The maximum absolute atomic E-state index is 12.5. The third-order valence-electron chi connectivity index (χ3n) is 4.11. The second-order valence-corrected chi connectivity index (χ2v) is 6.09. The summed E-state index contributed by atoms with van der Waals surface area (Å²) in [5.74, 6) is -0.583. The van der Waals surface area contributed by atoms with Crippen molar-refractivity contribution in [3.63, 3.8) is 0 Å². The highest BCUT2D eigenvalue weighted by atomic mass is 16.3. The zero-order chi connectivity index (χ0) is 18.4. The van der Waals surface area contributed by atoms with E-state index in [9.17, 15) is 9.59 Å². The smallest absolute Gasteiger partial charge is 0.188 e. The van der Waals surface area contributed by atoms with Crippen molar-refractivity contribution in [2.24, 2.45) is 0 Å². The molecule has 0 fully saturated rings. The van der Waals surface area contributed by atoms with E-state index in [0.29, 0.717) is 11.1 Å². The number of benzene rings is 2. The molecule has 3 aromatic rings. The minimum absolute atomic E-state index is 0.168. The number of aromatic nitrogens is 1. The number of Topliss-reactive ketones (excluding diaryl/α,β-unsaturated/α-hetero) is 2. The third kappa shape index (κ3) is 4.49. The number of aliphatic hydroxyl groups is 1. The van der Waals surface area contributed by atoms with Gasteiger partial charge in [-0.2, -0.15) is 0 Å². The summed E-state index contributed by atoms with van der Waals surface area (Å²) < 4.78 is 0. The lowest BCUT2D eigenvalue weighted by Gasteiger charge is -2.06. The number of carbonyl (C=O) groups excluding carboxylic acids is 2. The lowest BCUT2D eigenvalue weighted by molar-refractivity contribution is 0.0891. The molecular formula is C22H19NO3. The molecule has 1 N–H and O–H groups in total. The van der Waals surface area contributed by atoms with Gasteiger partial charge in [-0.3, -0.25) is 14.6 Å². The maximum Gasteiger partial charge on any atom is 0.188 e. The molecule has 0 bridgehead atoms. The van der Waals surface area contributed by atoms with Crippen LogP contribution >= 0.6 is 0 Å². The molecule has 0 unspecified atom stereocenters. The van der Waals surface area contributed by atoms with E-state index in [1.54, 1.807) is 12.1 Å². The Labute approximate surface area is 152 Å². The predicted octanol–water partition coefficient (Wildman–Crippen LogP) is 3.62. The van der Waals surface area contributed by atoms with Gasteiger partial charge in [-0.25, -0.2) is 0 Å². The summed E-state index contributed by atoms with van der Waals surface area (Å²) in [4.78, 5) is 28.8. The molecule has 26 heavy (non-hydrogen) atoms. The van der Waals surface area contributed by atoms with Crippen LogP contribution in [0.2, 0.25) is 0 Å². The van der Waals surface area contributed by atoms with Gasteiger partial charge in [0, 0.05) is 11.8 Å². The summed E-state index contributed by atoms with van der Waals surface area (Å²) in [5, 5.41) is 9.15. The lowest BCUT2D eigenvalue weighted by Crippen LogP contribution is -2.10. The van der Waals surface area contributed by atoms with Crippen molar-refractivity contribution >= 4 is 11.6 Å². The van der Waals surface area contributed by atoms with Gasteiger partial charge in [0.2, 0.25) is 0 Å². The average molecular weight is 345 g/mol. The van der Waals surface area contributed by atoms with Crippen molar-refractivity contribution in [1.29, 1.82) is 0 Å². The standard InChI is InChI=1S/C22H19NO3/c24-15-18-9-10-23-20(13-18)22(26)14-21(25)19-8-4-7-17(12-19)11-16-5-2-1-3-6-16/h1-10,12-13,24H,11,14-15H2. The monoisotopic (exact) mass is 345 g/mol. The molecule has 0 aliphatic heterocycles. The van der Waals surface area contributed by atoms with E-state index >= 15 is 0 Å². The van der Waals surface area contributed by atoms with Crippen LogP contribution in [0.4, 0.5) is 0 Å². The first kappa shape index (κ1) is 17.7. The minimum Gasteiger partial charge on any atom is -0.392 e. The number of nitrogens with zero attached hydrogens (tertiary/aromatic N) is 1. The molecule has 0 aliphatic rings. The molecule has 0 saturated heterocycles. The summed E-state index contributed by atoms with van der Waals surface area (Å²) in [6, 6.07) is 20.5. The van der Waals surface area contributed by atoms with Crippen LogP contribution in [0.1, 0.15) is 44.0 Å². The van der Waals surface area contributed by atoms with Crippen LogP contribution in [0.5, 0.6) is 0 Å². The zero-order valence-electron chi connectivity index (χ0n) is 14.3. The zero-order valence-corrected chi connectivity index (χ0v) is 14.3. The van der Waals surface area contributed by atoms with Crippen molar-refractivity contribution < 1.29 is 14.7 Å². The van der Waals surface area contributed by atoms with E-state index in [1.165, 1.54) is 12.3 Å². The molecule has 0 radical (unpaired) electrons.